The van der Waals surface area contributed by atoms with Gasteiger partial charge >= 0.3 is 137 Å². The summed E-state index contributed by atoms with van der Waals surface area (Å²) >= 11 is 2.19. The number of carbonyl (C=O) groups excluding carboxylic acids is 1. The average Bonchev–Trinajstić information content (AvgIpc) is 2.45. The first-order chi connectivity index (χ1) is 10.3. The third-order valence-corrected chi connectivity index (χ3v) is 3.95. The van der Waals surface area contributed by atoms with E-state index in [0.29, 0.717) is 21.4 Å². The Kier molecular flexibility index (Phi) is 4.83. The van der Waals surface area contributed by atoms with Gasteiger partial charge in [-0.15, -0.1) is 0 Å². The van der Waals surface area contributed by atoms with Crippen LogP contribution < -0.4 is 14.5 Å². The number of hydrogen-bond acceptors (Lipinski definition) is 5. The Hall–Kier alpha value is -1.92. The zero-order chi connectivity index (χ0) is 16.3. The van der Waals surface area contributed by atoms with Crippen LogP contribution in [0.25, 0.3) is 11.3 Å². The first-order valence-corrected chi connectivity index (χ1v) is 8.99. The Morgan fingerprint density at radius 3 is 2.68 bits per heavy atom. The number of anilines is 1. The van der Waals surface area contributed by atoms with Crippen LogP contribution in [0.5, 0.6) is 0 Å². The number of rotatable bonds is 4. The van der Waals surface area contributed by atoms with E-state index in [1.807, 2.05) is 0 Å². The summed E-state index contributed by atoms with van der Waals surface area (Å²) in [5, 5.41) is 2.50. The Morgan fingerprint density at radius 1 is 1.32 bits per heavy atom. The molecule has 1 heterocycles. The standard InChI is InChI=1S/C13H13AsN4O3S/c1-15-13(19)11-12(14)16-7-10(17-11)8-4-3-5-9(6-8)18-22(2,20)21/h3-7,18H,1-2H3,(H,15,19). The van der Waals surface area contributed by atoms with Crippen molar-refractivity contribution in [3.05, 3.63) is 36.2 Å². The van der Waals surface area contributed by atoms with Crippen LogP contribution in [0.4, 0.5) is 5.69 Å². The van der Waals surface area contributed by atoms with Crippen LogP contribution in [0.15, 0.2) is 30.5 Å². The number of carbonyl (C=O) groups is 1. The monoisotopic (exact) mass is 380 g/mol. The molecule has 2 radical (unpaired) electrons. The molecule has 1 aromatic carbocycles. The van der Waals surface area contributed by atoms with Crippen molar-refractivity contribution in [3.63, 3.8) is 0 Å². The quantitative estimate of drug-likeness (QED) is 0.708. The van der Waals surface area contributed by atoms with E-state index in [0.717, 1.165) is 6.26 Å². The molecule has 1 aromatic heterocycles. The Balaban J connectivity index is 2.44. The number of amides is 1. The third-order valence-electron chi connectivity index (χ3n) is 2.66. The molecular formula is C13H13AsN4O3S. The minimum atomic E-state index is -3.36. The van der Waals surface area contributed by atoms with E-state index in [4.69, 9.17) is 0 Å². The van der Waals surface area contributed by atoms with Crippen LogP contribution >= 0.6 is 0 Å². The molecule has 7 nitrogen and oxygen atoms in total. The van der Waals surface area contributed by atoms with Gasteiger partial charge in [0.2, 0.25) is 0 Å². The van der Waals surface area contributed by atoms with Gasteiger partial charge in [-0.1, -0.05) is 0 Å². The topological polar surface area (TPSA) is 101 Å². The first-order valence-electron chi connectivity index (χ1n) is 6.16. The van der Waals surface area contributed by atoms with Crippen molar-refractivity contribution in [1.29, 1.82) is 0 Å². The van der Waals surface area contributed by atoms with Crippen molar-refractivity contribution in [2.24, 2.45) is 0 Å². The van der Waals surface area contributed by atoms with Gasteiger partial charge in [0.1, 0.15) is 0 Å². The van der Waals surface area contributed by atoms with E-state index in [-0.39, 0.29) is 11.6 Å². The molecule has 0 unspecified atom stereocenters. The van der Waals surface area contributed by atoms with E-state index in [1.54, 1.807) is 24.3 Å². The van der Waals surface area contributed by atoms with Gasteiger partial charge in [-0.25, -0.2) is 0 Å². The van der Waals surface area contributed by atoms with Gasteiger partial charge in [0.05, 0.1) is 0 Å². The maximum atomic E-state index is 11.8. The zero-order valence-corrected chi connectivity index (χ0v) is 14.6. The molecule has 0 spiro atoms. The third kappa shape index (κ3) is 4.05. The predicted molar refractivity (Wildman–Crippen MR) is 84.7 cm³/mol. The second-order valence-electron chi connectivity index (χ2n) is 4.46. The van der Waals surface area contributed by atoms with Crippen molar-refractivity contribution in [2.75, 3.05) is 18.0 Å². The van der Waals surface area contributed by atoms with Crippen molar-refractivity contribution >= 4 is 43.0 Å². The normalized spacial score (nSPS) is 11.0. The molecule has 0 fully saturated rings. The summed E-state index contributed by atoms with van der Waals surface area (Å²) in [4.78, 5) is 20.2. The van der Waals surface area contributed by atoms with Crippen molar-refractivity contribution in [2.45, 2.75) is 0 Å². The summed E-state index contributed by atoms with van der Waals surface area (Å²) in [6.07, 6.45) is 2.60. The van der Waals surface area contributed by atoms with Crippen LogP contribution in [0.3, 0.4) is 0 Å². The Bertz CT molecular complexity index is 824. The number of benzene rings is 1. The summed E-state index contributed by atoms with van der Waals surface area (Å²) in [6, 6.07) is 6.71. The molecule has 9 heteroatoms. The summed E-state index contributed by atoms with van der Waals surface area (Å²) in [7, 11) is -1.85. The van der Waals surface area contributed by atoms with E-state index in [2.05, 4.69) is 36.9 Å². The van der Waals surface area contributed by atoms with Gasteiger partial charge in [0.15, 0.2) is 0 Å². The van der Waals surface area contributed by atoms with Gasteiger partial charge in [-0.2, -0.15) is 0 Å². The molecule has 0 aliphatic heterocycles. The fourth-order valence-corrected chi connectivity index (χ4v) is 2.74. The van der Waals surface area contributed by atoms with E-state index in [9.17, 15) is 13.2 Å². The van der Waals surface area contributed by atoms with Crippen molar-refractivity contribution < 1.29 is 13.2 Å². The molecule has 0 atom stereocenters. The van der Waals surface area contributed by atoms with Gasteiger partial charge < -0.3 is 0 Å². The fraction of sp³-hybridized carbons (Fsp3) is 0.154. The molecule has 2 N–H and O–H groups in total. The molecule has 22 heavy (non-hydrogen) atoms. The number of sulfonamides is 1. The molecule has 1 amide bonds. The summed E-state index contributed by atoms with van der Waals surface area (Å²) in [6.45, 7) is 0. The van der Waals surface area contributed by atoms with Crippen molar-refractivity contribution in [1.82, 2.24) is 15.3 Å². The first kappa shape index (κ1) is 16.4. The van der Waals surface area contributed by atoms with Crippen LogP contribution in [0, 0.1) is 0 Å². The SMILES string of the molecule is CNC(=O)c1nc(-c2cccc(NS(C)(=O)=O)c2)cnc1[As]. The molecule has 0 aliphatic carbocycles. The van der Waals surface area contributed by atoms with Crippen molar-refractivity contribution in [3.8, 4) is 11.3 Å². The average molecular weight is 380 g/mol. The van der Waals surface area contributed by atoms with Gasteiger partial charge in [-0.05, 0) is 0 Å². The Morgan fingerprint density at radius 2 is 2.05 bits per heavy atom. The van der Waals surface area contributed by atoms with E-state index >= 15 is 0 Å². The fourth-order valence-electron chi connectivity index (χ4n) is 1.75. The van der Waals surface area contributed by atoms with Crippen LogP contribution in [0.1, 0.15) is 10.5 Å². The summed E-state index contributed by atoms with van der Waals surface area (Å²) < 4.78 is 25.4. The maximum absolute atomic E-state index is 11.8. The van der Waals surface area contributed by atoms with Crippen LogP contribution in [-0.4, -0.2) is 54.4 Å². The molecule has 0 aliphatic rings. The number of nitrogens with one attached hydrogen (secondary N) is 2. The molecule has 2 rings (SSSR count). The summed E-state index contributed by atoms with van der Waals surface area (Å²) in [5.41, 5.74) is 1.76. The molecule has 2 aromatic rings. The number of nitrogens with zero attached hydrogens (tertiary/aromatic N) is 2. The zero-order valence-electron chi connectivity index (χ0n) is 11.9. The van der Waals surface area contributed by atoms with Crippen LogP contribution in [-0.2, 0) is 10.0 Å². The van der Waals surface area contributed by atoms with Gasteiger partial charge in [-0.3, -0.25) is 0 Å². The number of hydrogen-bond donors (Lipinski definition) is 2. The van der Waals surface area contributed by atoms with Crippen LogP contribution in [0.2, 0.25) is 0 Å². The molecule has 0 bridgehead atoms. The molecular weight excluding hydrogens is 367 g/mol. The van der Waals surface area contributed by atoms with Gasteiger partial charge in [0.25, 0.3) is 0 Å². The minimum absolute atomic E-state index is 0.210. The van der Waals surface area contributed by atoms with E-state index < -0.39 is 10.0 Å². The number of aromatic nitrogens is 2. The second kappa shape index (κ2) is 6.46. The summed E-state index contributed by atoms with van der Waals surface area (Å²) in [5.74, 6) is -0.338. The molecule has 0 saturated carbocycles. The Labute approximate surface area is 137 Å². The predicted octanol–water partition coefficient (Wildman–Crippen LogP) is -0.331. The molecule has 0 saturated heterocycles. The van der Waals surface area contributed by atoms with Gasteiger partial charge in [0, 0.05) is 0 Å². The second-order valence-corrected chi connectivity index (χ2v) is 7.10. The van der Waals surface area contributed by atoms with E-state index in [1.165, 1.54) is 13.2 Å². The molecule has 114 valence electrons.